The molecule has 1 aromatic carbocycles. The molecule has 32 heavy (non-hydrogen) atoms. The van der Waals surface area contributed by atoms with Crippen LogP contribution in [0.3, 0.4) is 0 Å². The van der Waals surface area contributed by atoms with E-state index in [1.54, 1.807) is 6.20 Å². The van der Waals surface area contributed by atoms with E-state index in [4.69, 9.17) is 12.2 Å². The molecule has 2 N–H and O–H groups in total. The molecular weight excluding hydrogens is 418 g/mol. The van der Waals surface area contributed by atoms with E-state index in [1.807, 2.05) is 49.4 Å². The summed E-state index contributed by atoms with van der Waals surface area (Å²) >= 11 is 5.70. The van der Waals surface area contributed by atoms with Crippen LogP contribution in [-0.4, -0.2) is 32.0 Å². The van der Waals surface area contributed by atoms with Crippen molar-refractivity contribution in [2.75, 3.05) is 11.9 Å². The van der Waals surface area contributed by atoms with Crippen LogP contribution in [0.15, 0.2) is 67.1 Å². The van der Waals surface area contributed by atoms with Crippen molar-refractivity contribution in [2.24, 2.45) is 0 Å². The summed E-state index contributed by atoms with van der Waals surface area (Å²) in [5, 5.41) is 7.08. The molecule has 3 heterocycles. The molecule has 1 aliphatic heterocycles. The first-order valence-corrected chi connectivity index (χ1v) is 11.3. The Morgan fingerprint density at radius 1 is 1.22 bits per heavy atom. The van der Waals surface area contributed by atoms with Crippen LogP contribution in [-0.2, 0) is 4.79 Å². The molecule has 0 bridgehead atoms. The van der Waals surface area contributed by atoms with E-state index >= 15 is 0 Å². The lowest BCUT2D eigenvalue weighted by molar-refractivity contribution is -0.116. The summed E-state index contributed by atoms with van der Waals surface area (Å²) in [6.45, 7) is 6.84. The van der Waals surface area contributed by atoms with Gasteiger partial charge >= 0.3 is 0 Å². The number of anilines is 1. The molecule has 166 valence electrons. The summed E-state index contributed by atoms with van der Waals surface area (Å²) < 4.78 is 2.19. The van der Waals surface area contributed by atoms with Crippen molar-refractivity contribution in [3.05, 3.63) is 83.9 Å². The molecule has 2 aromatic heterocycles. The number of rotatable bonds is 7. The zero-order valence-corrected chi connectivity index (χ0v) is 19.5. The molecule has 0 radical (unpaired) electrons. The fourth-order valence-corrected chi connectivity index (χ4v) is 4.44. The zero-order valence-electron chi connectivity index (χ0n) is 18.7. The Kier molecular flexibility index (Phi) is 6.55. The van der Waals surface area contributed by atoms with Gasteiger partial charge in [-0.2, -0.15) is 0 Å². The number of carbonyl (C=O) groups is 1. The molecule has 3 aromatic rings. The molecule has 0 saturated carbocycles. The standard InChI is InChI=1S/C25H29N5OS/c1-17(2)29-13-10-19(16-29)24-23(21-9-4-5-12-26-21)28-25(32)30(24)14-11-22(31)27-20-8-6-7-18(3)15-20/h4-10,12-13,15-17,23-24H,11,14H2,1-3H3,(H,27,31)(H,28,32). The second-order valence-electron chi connectivity index (χ2n) is 8.47. The van der Waals surface area contributed by atoms with Gasteiger partial charge in [0, 0.05) is 43.3 Å². The molecule has 1 amide bonds. The van der Waals surface area contributed by atoms with E-state index in [1.165, 1.54) is 0 Å². The minimum atomic E-state index is -0.0773. The average molecular weight is 448 g/mol. The van der Waals surface area contributed by atoms with Gasteiger partial charge < -0.3 is 20.1 Å². The summed E-state index contributed by atoms with van der Waals surface area (Å²) in [5.41, 5.74) is 4.01. The zero-order chi connectivity index (χ0) is 22.7. The highest BCUT2D eigenvalue weighted by atomic mass is 32.1. The number of benzene rings is 1. The normalized spacial score (nSPS) is 18.1. The quantitative estimate of drug-likeness (QED) is 0.511. The Labute approximate surface area is 194 Å². The number of hydrogen-bond acceptors (Lipinski definition) is 3. The summed E-state index contributed by atoms with van der Waals surface area (Å²) in [7, 11) is 0. The number of amides is 1. The Bertz CT molecular complexity index is 1090. The van der Waals surface area contributed by atoms with E-state index in [0.717, 1.165) is 22.5 Å². The molecule has 6 nitrogen and oxygen atoms in total. The SMILES string of the molecule is Cc1cccc(NC(=O)CCN2C(=S)NC(c3ccccn3)C2c2ccn(C(C)C)c2)c1. The van der Waals surface area contributed by atoms with Gasteiger partial charge in [-0.25, -0.2) is 0 Å². The number of carbonyl (C=O) groups excluding carboxylic acids is 1. The number of nitrogens with zero attached hydrogens (tertiary/aromatic N) is 3. The maximum Gasteiger partial charge on any atom is 0.226 e. The third kappa shape index (κ3) is 4.83. The maximum absolute atomic E-state index is 12.7. The molecule has 0 spiro atoms. The molecule has 4 rings (SSSR count). The van der Waals surface area contributed by atoms with Gasteiger partial charge in [-0.1, -0.05) is 18.2 Å². The van der Waals surface area contributed by atoms with Gasteiger partial charge in [0.05, 0.1) is 17.8 Å². The van der Waals surface area contributed by atoms with E-state index < -0.39 is 0 Å². The predicted octanol–water partition coefficient (Wildman–Crippen LogP) is 4.77. The summed E-state index contributed by atoms with van der Waals surface area (Å²) in [6, 6.07) is 16.1. The molecule has 7 heteroatoms. The molecule has 0 aliphatic carbocycles. The molecular formula is C25H29N5OS. The lowest BCUT2D eigenvalue weighted by Crippen LogP contribution is -2.32. The van der Waals surface area contributed by atoms with Gasteiger partial charge in [0.15, 0.2) is 5.11 Å². The first-order valence-electron chi connectivity index (χ1n) is 10.9. The smallest absolute Gasteiger partial charge is 0.226 e. The Morgan fingerprint density at radius 2 is 2.06 bits per heavy atom. The predicted molar refractivity (Wildman–Crippen MR) is 131 cm³/mol. The van der Waals surface area contributed by atoms with Gasteiger partial charge in [0.2, 0.25) is 5.91 Å². The lowest BCUT2D eigenvalue weighted by Gasteiger charge is -2.27. The van der Waals surface area contributed by atoms with Crippen molar-refractivity contribution >= 4 is 28.9 Å². The number of pyridine rings is 1. The van der Waals surface area contributed by atoms with Gasteiger partial charge in [0.25, 0.3) is 0 Å². The summed E-state index contributed by atoms with van der Waals surface area (Å²) in [5.74, 6) is -0.0295. The van der Waals surface area contributed by atoms with Crippen molar-refractivity contribution in [1.29, 1.82) is 0 Å². The largest absolute Gasteiger partial charge is 0.352 e. The number of thiocarbonyl (C=S) groups is 1. The number of hydrogen-bond donors (Lipinski definition) is 2. The van der Waals surface area contributed by atoms with Crippen molar-refractivity contribution in [2.45, 2.75) is 45.3 Å². The Hall–Kier alpha value is -3.19. The number of aryl methyl sites for hydroxylation is 1. The highest BCUT2D eigenvalue weighted by molar-refractivity contribution is 7.80. The van der Waals surface area contributed by atoms with Crippen LogP contribution in [0, 0.1) is 6.92 Å². The van der Waals surface area contributed by atoms with E-state index in [0.29, 0.717) is 24.1 Å². The van der Waals surface area contributed by atoms with Crippen molar-refractivity contribution in [3.63, 3.8) is 0 Å². The van der Waals surface area contributed by atoms with Crippen LogP contribution < -0.4 is 10.6 Å². The van der Waals surface area contributed by atoms with Gasteiger partial charge in [-0.3, -0.25) is 9.78 Å². The van der Waals surface area contributed by atoms with Gasteiger partial charge in [-0.05, 0) is 74.4 Å². The molecule has 2 unspecified atom stereocenters. The summed E-state index contributed by atoms with van der Waals surface area (Å²) in [6.07, 6.45) is 6.40. The van der Waals surface area contributed by atoms with Crippen LogP contribution in [0.1, 0.15) is 55.2 Å². The van der Waals surface area contributed by atoms with Crippen LogP contribution in [0.5, 0.6) is 0 Å². The van der Waals surface area contributed by atoms with Crippen LogP contribution >= 0.6 is 12.2 Å². The molecule has 2 atom stereocenters. The minimum Gasteiger partial charge on any atom is -0.352 e. The van der Waals surface area contributed by atoms with E-state index in [-0.39, 0.29) is 18.0 Å². The Balaban J connectivity index is 1.54. The molecule has 1 saturated heterocycles. The highest BCUT2D eigenvalue weighted by Crippen LogP contribution is 2.39. The van der Waals surface area contributed by atoms with Crippen molar-refractivity contribution < 1.29 is 4.79 Å². The van der Waals surface area contributed by atoms with E-state index in [2.05, 4.69) is 57.4 Å². The van der Waals surface area contributed by atoms with Crippen LogP contribution in [0.25, 0.3) is 0 Å². The first kappa shape index (κ1) is 22.0. The second-order valence-corrected chi connectivity index (χ2v) is 8.86. The van der Waals surface area contributed by atoms with Crippen molar-refractivity contribution in [1.82, 2.24) is 19.8 Å². The van der Waals surface area contributed by atoms with Crippen LogP contribution in [0.2, 0.25) is 0 Å². The number of aromatic nitrogens is 2. The second kappa shape index (κ2) is 9.53. The third-order valence-corrected chi connectivity index (χ3v) is 6.11. The third-order valence-electron chi connectivity index (χ3n) is 5.75. The van der Waals surface area contributed by atoms with E-state index in [9.17, 15) is 4.79 Å². The Morgan fingerprint density at radius 3 is 2.75 bits per heavy atom. The van der Waals surface area contributed by atoms with Crippen LogP contribution in [0.4, 0.5) is 5.69 Å². The fraction of sp³-hybridized carbons (Fsp3) is 0.320. The van der Waals surface area contributed by atoms with Gasteiger partial charge in [-0.15, -0.1) is 0 Å². The topological polar surface area (TPSA) is 62.2 Å². The average Bonchev–Trinajstić information content (AvgIpc) is 3.37. The lowest BCUT2D eigenvalue weighted by atomic mass is 9.99. The minimum absolute atomic E-state index is 0.0295. The maximum atomic E-state index is 12.7. The number of nitrogens with one attached hydrogen (secondary N) is 2. The highest BCUT2D eigenvalue weighted by Gasteiger charge is 2.40. The fourth-order valence-electron chi connectivity index (χ4n) is 4.10. The van der Waals surface area contributed by atoms with Crippen molar-refractivity contribution in [3.8, 4) is 0 Å². The monoisotopic (exact) mass is 447 g/mol. The molecule has 1 fully saturated rings. The first-order chi connectivity index (χ1) is 15.4. The summed E-state index contributed by atoms with van der Waals surface area (Å²) in [4.78, 5) is 19.3. The van der Waals surface area contributed by atoms with Gasteiger partial charge in [0.1, 0.15) is 0 Å². The molecule has 1 aliphatic rings.